The summed E-state index contributed by atoms with van der Waals surface area (Å²) in [6.45, 7) is 7.29. The molecule has 0 saturated carbocycles. The Morgan fingerprint density at radius 2 is 1.83 bits per heavy atom. The molecule has 74 valence electrons. The molecule has 0 spiro atoms. The SMILES string of the molecule is CCCC(C)N(C)CCC(C)O. The number of rotatable bonds is 6. The maximum Gasteiger partial charge on any atom is 0.0524 e. The van der Waals surface area contributed by atoms with E-state index in [-0.39, 0.29) is 6.10 Å². The van der Waals surface area contributed by atoms with E-state index in [1.165, 1.54) is 12.8 Å². The van der Waals surface area contributed by atoms with Gasteiger partial charge in [-0.1, -0.05) is 13.3 Å². The van der Waals surface area contributed by atoms with Crippen molar-refractivity contribution in [3.8, 4) is 0 Å². The first-order chi connectivity index (χ1) is 5.57. The summed E-state index contributed by atoms with van der Waals surface area (Å²) >= 11 is 0. The van der Waals surface area contributed by atoms with Crippen molar-refractivity contribution < 1.29 is 5.11 Å². The van der Waals surface area contributed by atoms with Gasteiger partial charge < -0.3 is 10.0 Å². The third-order valence-corrected chi connectivity index (χ3v) is 2.36. The van der Waals surface area contributed by atoms with E-state index in [9.17, 15) is 0 Å². The van der Waals surface area contributed by atoms with Crippen LogP contribution in [0.2, 0.25) is 0 Å². The molecule has 0 aliphatic carbocycles. The largest absolute Gasteiger partial charge is 0.393 e. The minimum Gasteiger partial charge on any atom is -0.393 e. The summed E-state index contributed by atoms with van der Waals surface area (Å²) in [4.78, 5) is 2.32. The lowest BCUT2D eigenvalue weighted by Crippen LogP contribution is -2.31. The Bertz CT molecular complexity index is 104. The van der Waals surface area contributed by atoms with Crippen molar-refractivity contribution in [2.75, 3.05) is 13.6 Å². The third kappa shape index (κ3) is 5.56. The number of aliphatic hydroxyl groups is 1. The van der Waals surface area contributed by atoms with Gasteiger partial charge in [-0.05, 0) is 33.7 Å². The molecule has 0 aliphatic rings. The molecule has 0 aliphatic heterocycles. The van der Waals surface area contributed by atoms with Gasteiger partial charge in [0.25, 0.3) is 0 Å². The van der Waals surface area contributed by atoms with E-state index in [0.29, 0.717) is 6.04 Å². The second-order valence-electron chi connectivity index (χ2n) is 3.76. The van der Waals surface area contributed by atoms with Gasteiger partial charge in [0.05, 0.1) is 6.10 Å². The molecule has 0 radical (unpaired) electrons. The second kappa shape index (κ2) is 6.44. The molecule has 2 nitrogen and oxygen atoms in total. The predicted octanol–water partition coefficient (Wildman–Crippen LogP) is 1.88. The lowest BCUT2D eigenvalue weighted by molar-refractivity contribution is 0.150. The van der Waals surface area contributed by atoms with Gasteiger partial charge in [0.2, 0.25) is 0 Å². The zero-order valence-corrected chi connectivity index (χ0v) is 8.88. The fraction of sp³-hybridized carbons (Fsp3) is 1.00. The van der Waals surface area contributed by atoms with E-state index in [1.807, 2.05) is 6.92 Å². The maximum absolute atomic E-state index is 9.09. The van der Waals surface area contributed by atoms with Crippen molar-refractivity contribution in [1.82, 2.24) is 4.90 Å². The molecular weight excluding hydrogens is 150 g/mol. The summed E-state index contributed by atoms with van der Waals surface area (Å²) in [6, 6.07) is 0.647. The highest BCUT2D eigenvalue weighted by Crippen LogP contribution is 2.05. The molecule has 0 saturated heterocycles. The topological polar surface area (TPSA) is 23.5 Å². The Morgan fingerprint density at radius 3 is 2.25 bits per heavy atom. The van der Waals surface area contributed by atoms with Gasteiger partial charge in [-0.2, -0.15) is 0 Å². The summed E-state index contributed by atoms with van der Waals surface area (Å²) in [7, 11) is 2.13. The molecule has 0 aromatic carbocycles. The summed E-state index contributed by atoms with van der Waals surface area (Å²) in [5, 5.41) is 9.09. The molecule has 0 heterocycles. The smallest absolute Gasteiger partial charge is 0.0524 e. The van der Waals surface area contributed by atoms with E-state index in [2.05, 4.69) is 25.8 Å². The van der Waals surface area contributed by atoms with Crippen LogP contribution in [0, 0.1) is 0 Å². The number of nitrogens with zero attached hydrogens (tertiary/aromatic N) is 1. The highest BCUT2D eigenvalue weighted by molar-refractivity contribution is 4.63. The van der Waals surface area contributed by atoms with E-state index >= 15 is 0 Å². The Morgan fingerprint density at radius 1 is 1.25 bits per heavy atom. The van der Waals surface area contributed by atoms with Gasteiger partial charge in [-0.3, -0.25) is 0 Å². The van der Waals surface area contributed by atoms with Crippen LogP contribution in [0.1, 0.15) is 40.0 Å². The van der Waals surface area contributed by atoms with Gasteiger partial charge in [0.1, 0.15) is 0 Å². The molecule has 0 bridgehead atoms. The average Bonchev–Trinajstić information content (AvgIpc) is 2.00. The van der Waals surface area contributed by atoms with Gasteiger partial charge in [-0.15, -0.1) is 0 Å². The fourth-order valence-electron chi connectivity index (χ4n) is 1.25. The van der Waals surface area contributed by atoms with Gasteiger partial charge in [0.15, 0.2) is 0 Å². The van der Waals surface area contributed by atoms with Crippen LogP contribution < -0.4 is 0 Å². The van der Waals surface area contributed by atoms with Crippen molar-refractivity contribution in [2.24, 2.45) is 0 Å². The number of hydrogen-bond acceptors (Lipinski definition) is 2. The van der Waals surface area contributed by atoms with Crippen molar-refractivity contribution in [1.29, 1.82) is 0 Å². The van der Waals surface area contributed by atoms with Crippen molar-refractivity contribution in [2.45, 2.75) is 52.2 Å². The molecular formula is C10H23NO. The standard InChI is InChI=1S/C10H23NO/c1-5-6-9(2)11(4)8-7-10(3)12/h9-10,12H,5-8H2,1-4H3. The van der Waals surface area contributed by atoms with Crippen LogP contribution >= 0.6 is 0 Å². The van der Waals surface area contributed by atoms with Crippen molar-refractivity contribution in [3.63, 3.8) is 0 Å². The molecule has 2 unspecified atom stereocenters. The van der Waals surface area contributed by atoms with Crippen LogP contribution in [0.3, 0.4) is 0 Å². The first-order valence-corrected chi connectivity index (χ1v) is 4.96. The minimum atomic E-state index is -0.165. The normalized spacial score (nSPS) is 16.5. The zero-order chi connectivity index (χ0) is 9.56. The van der Waals surface area contributed by atoms with Crippen LogP contribution in [0.15, 0.2) is 0 Å². The van der Waals surface area contributed by atoms with Gasteiger partial charge in [-0.25, -0.2) is 0 Å². The average molecular weight is 173 g/mol. The highest BCUT2D eigenvalue weighted by atomic mass is 16.3. The lowest BCUT2D eigenvalue weighted by Gasteiger charge is -2.24. The summed E-state index contributed by atoms with van der Waals surface area (Å²) in [5.74, 6) is 0. The summed E-state index contributed by atoms with van der Waals surface area (Å²) in [5.41, 5.74) is 0. The molecule has 12 heavy (non-hydrogen) atoms. The lowest BCUT2D eigenvalue weighted by atomic mass is 10.1. The van der Waals surface area contributed by atoms with Crippen LogP contribution in [0.4, 0.5) is 0 Å². The molecule has 2 heteroatoms. The van der Waals surface area contributed by atoms with Crippen LogP contribution in [-0.2, 0) is 0 Å². The van der Waals surface area contributed by atoms with Crippen LogP contribution in [0.5, 0.6) is 0 Å². The highest BCUT2D eigenvalue weighted by Gasteiger charge is 2.08. The summed E-state index contributed by atoms with van der Waals surface area (Å²) < 4.78 is 0. The van der Waals surface area contributed by atoms with Gasteiger partial charge in [0, 0.05) is 12.6 Å². The number of aliphatic hydroxyl groups excluding tert-OH is 1. The van der Waals surface area contributed by atoms with Crippen LogP contribution in [0.25, 0.3) is 0 Å². The van der Waals surface area contributed by atoms with Crippen molar-refractivity contribution >= 4 is 0 Å². The van der Waals surface area contributed by atoms with E-state index in [0.717, 1.165) is 13.0 Å². The monoisotopic (exact) mass is 173 g/mol. The first-order valence-electron chi connectivity index (χ1n) is 4.96. The molecule has 0 aromatic rings. The molecule has 0 rings (SSSR count). The van der Waals surface area contributed by atoms with E-state index < -0.39 is 0 Å². The van der Waals surface area contributed by atoms with E-state index in [1.54, 1.807) is 0 Å². The van der Waals surface area contributed by atoms with Gasteiger partial charge >= 0.3 is 0 Å². The molecule has 0 fully saturated rings. The quantitative estimate of drug-likeness (QED) is 0.663. The molecule has 0 amide bonds. The Kier molecular flexibility index (Phi) is 6.39. The number of hydrogen-bond donors (Lipinski definition) is 1. The van der Waals surface area contributed by atoms with Crippen LogP contribution in [-0.4, -0.2) is 35.7 Å². The second-order valence-corrected chi connectivity index (χ2v) is 3.76. The third-order valence-electron chi connectivity index (χ3n) is 2.36. The zero-order valence-electron chi connectivity index (χ0n) is 8.88. The molecule has 2 atom stereocenters. The molecule has 1 N–H and O–H groups in total. The Balaban J connectivity index is 3.49. The fourth-order valence-corrected chi connectivity index (χ4v) is 1.25. The predicted molar refractivity (Wildman–Crippen MR) is 53.3 cm³/mol. The maximum atomic E-state index is 9.09. The van der Waals surface area contributed by atoms with Crippen molar-refractivity contribution in [3.05, 3.63) is 0 Å². The Hall–Kier alpha value is -0.0800. The molecule has 0 aromatic heterocycles. The minimum absolute atomic E-state index is 0.165. The Labute approximate surface area is 76.6 Å². The van der Waals surface area contributed by atoms with E-state index in [4.69, 9.17) is 5.11 Å². The summed E-state index contributed by atoms with van der Waals surface area (Å²) in [6.07, 6.45) is 3.20. The first kappa shape index (κ1) is 11.9.